The van der Waals surface area contributed by atoms with Crippen molar-refractivity contribution in [3.05, 3.63) is 97.2 Å². The van der Waals surface area contributed by atoms with Crippen molar-refractivity contribution in [3.63, 3.8) is 0 Å². The zero-order valence-corrected chi connectivity index (χ0v) is 43.4. The molecule has 0 N–H and O–H groups in total. The Morgan fingerprint density at radius 1 is 0.348 bits per heavy atom. The Balaban J connectivity index is 4.39. The fourth-order valence-electron chi connectivity index (χ4n) is 7.44. The summed E-state index contributed by atoms with van der Waals surface area (Å²) in [4.78, 5) is 25.5. The van der Waals surface area contributed by atoms with E-state index in [9.17, 15) is 9.59 Å². The summed E-state index contributed by atoms with van der Waals surface area (Å²) < 4.78 is 17.4. The molecule has 0 aromatic heterocycles. The van der Waals surface area contributed by atoms with Crippen LogP contribution in [0.1, 0.15) is 252 Å². The summed E-state index contributed by atoms with van der Waals surface area (Å²) in [5, 5.41) is 0. The van der Waals surface area contributed by atoms with Crippen molar-refractivity contribution in [2.75, 3.05) is 19.8 Å². The van der Waals surface area contributed by atoms with Crippen molar-refractivity contribution in [1.29, 1.82) is 0 Å². The van der Waals surface area contributed by atoms with Gasteiger partial charge in [-0.25, -0.2) is 0 Å². The second-order valence-electron chi connectivity index (χ2n) is 18.1. The number of rotatable bonds is 50. The standard InChI is InChI=1S/C61H104O5/c1-4-7-10-13-16-19-22-25-28-30-32-35-38-41-44-47-50-53-56-64-57-59(66-61(63)55-52-49-46-43-40-37-33-27-24-21-18-15-12-9-6-3)58-65-60(62)54-51-48-45-42-39-36-34-31-29-26-23-20-17-14-11-8-5-2/h7,10,16,18-19,21,25-29,32-33,35,41,44,59H,4-6,8-9,11-15,17,20,22-24,30-31,34,36-40,42-43,45-58H2,1-3H3/b10-7-,19-16-,21-18-,28-25-,29-26-,33-27-,35-32-,44-41-. The molecule has 0 aromatic carbocycles. The molecular weight excluding hydrogens is 813 g/mol. The Labute approximate surface area is 409 Å². The summed E-state index contributed by atoms with van der Waals surface area (Å²) in [5.41, 5.74) is 0. The van der Waals surface area contributed by atoms with Gasteiger partial charge in [0.15, 0.2) is 6.10 Å². The summed E-state index contributed by atoms with van der Waals surface area (Å²) in [7, 11) is 0. The Morgan fingerprint density at radius 3 is 1.14 bits per heavy atom. The topological polar surface area (TPSA) is 61.8 Å². The van der Waals surface area contributed by atoms with Gasteiger partial charge in [-0.05, 0) is 122 Å². The van der Waals surface area contributed by atoms with E-state index < -0.39 is 6.10 Å². The number of carbonyl (C=O) groups is 2. The number of hydrogen-bond acceptors (Lipinski definition) is 5. The molecule has 0 bridgehead atoms. The van der Waals surface area contributed by atoms with E-state index in [0.717, 1.165) is 103 Å². The van der Waals surface area contributed by atoms with Gasteiger partial charge < -0.3 is 14.2 Å². The van der Waals surface area contributed by atoms with E-state index >= 15 is 0 Å². The lowest BCUT2D eigenvalue weighted by atomic mass is 10.1. The lowest BCUT2D eigenvalue weighted by Crippen LogP contribution is -2.30. The molecule has 1 unspecified atom stereocenters. The van der Waals surface area contributed by atoms with E-state index in [1.54, 1.807) is 0 Å². The number of carbonyl (C=O) groups excluding carboxylic acids is 2. The summed E-state index contributed by atoms with van der Waals surface area (Å²) in [6.07, 6.45) is 75.7. The molecule has 0 saturated heterocycles. The molecule has 0 rings (SSSR count). The maximum absolute atomic E-state index is 12.8. The number of ether oxygens (including phenoxy) is 3. The Kier molecular flexibility index (Phi) is 53.4. The number of esters is 2. The van der Waals surface area contributed by atoms with Crippen molar-refractivity contribution in [2.24, 2.45) is 0 Å². The zero-order chi connectivity index (χ0) is 47.7. The van der Waals surface area contributed by atoms with Crippen molar-refractivity contribution in [3.8, 4) is 0 Å². The summed E-state index contributed by atoms with van der Waals surface area (Å²) in [6.45, 7) is 7.57. The van der Waals surface area contributed by atoms with Crippen LogP contribution in [0.15, 0.2) is 97.2 Å². The minimum Gasteiger partial charge on any atom is -0.462 e. The molecule has 0 amide bonds. The van der Waals surface area contributed by atoms with Crippen LogP contribution in [0.2, 0.25) is 0 Å². The summed E-state index contributed by atoms with van der Waals surface area (Å²) >= 11 is 0. The Morgan fingerprint density at radius 2 is 0.682 bits per heavy atom. The van der Waals surface area contributed by atoms with Crippen LogP contribution in [0.4, 0.5) is 0 Å². The second-order valence-corrected chi connectivity index (χ2v) is 18.1. The normalized spacial score (nSPS) is 13.0. The largest absolute Gasteiger partial charge is 0.462 e. The van der Waals surface area contributed by atoms with Crippen molar-refractivity contribution in [1.82, 2.24) is 0 Å². The van der Waals surface area contributed by atoms with Crippen LogP contribution in [0.3, 0.4) is 0 Å². The number of unbranched alkanes of at least 4 members (excludes halogenated alkanes) is 23. The van der Waals surface area contributed by atoms with E-state index in [-0.39, 0.29) is 25.2 Å². The van der Waals surface area contributed by atoms with Crippen LogP contribution >= 0.6 is 0 Å². The lowest BCUT2D eigenvalue weighted by molar-refractivity contribution is -0.163. The fraction of sp³-hybridized carbons (Fsp3) is 0.705. The molecule has 0 aliphatic carbocycles. The van der Waals surface area contributed by atoms with Gasteiger partial charge in [-0.15, -0.1) is 0 Å². The maximum atomic E-state index is 12.8. The maximum Gasteiger partial charge on any atom is 0.306 e. The molecule has 0 fully saturated rings. The summed E-state index contributed by atoms with van der Waals surface area (Å²) in [6, 6.07) is 0. The van der Waals surface area contributed by atoms with E-state index in [1.807, 2.05) is 0 Å². The van der Waals surface area contributed by atoms with Gasteiger partial charge in [0.1, 0.15) is 6.61 Å². The molecule has 0 aliphatic rings. The van der Waals surface area contributed by atoms with Crippen molar-refractivity contribution in [2.45, 2.75) is 258 Å². The molecule has 0 aliphatic heterocycles. The highest BCUT2D eigenvalue weighted by Crippen LogP contribution is 2.14. The highest BCUT2D eigenvalue weighted by molar-refractivity contribution is 5.70. The molecule has 0 spiro atoms. The minimum absolute atomic E-state index is 0.0557. The highest BCUT2D eigenvalue weighted by atomic mass is 16.6. The smallest absolute Gasteiger partial charge is 0.306 e. The zero-order valence-electron chi connectivity index (χ0n) is 43.4. The molecule has 1 atom stereocenters. The average Bonchev–Trinajstić information content (AvgIpc) is 3.32. The molecule has 0 radical (unpaired) electrons. The van der Waals surface area contributed by atoms with Crippen LogP contribution < -0.4 is 0 Å². The third-order valence-corrected chi connectivity index (χ3v) is 11.6. The van der Waals surface area contributed by atoms with E-state index in [2.05, 4.69) is 118 Å². The van der Waals surface area contributed by atoms with Gasteiger partial charge in [0.05, 0.1) is 6.61 Å². The minimum atomic E-state index is -0.573. The van der Waals surface area contributed by atoms with Crippen LogP contribution in [-0.2, 0) is 23.8 Å². The number of allylic oxidation sites excluding steroid dienone is 16. The first-order chi connectivity index (χ1) is 32.6. The van der Waals surface area contributed by atoms with Gasteiger partial charge in [-0.1, -0.05) is 214 Å². The Bertz CT molecular complexity index is 1270. The quantitative estimate of drug-likeness (QED) is 0.0346. The third kappa shape index (κ3) is 53.4. The van der Waals surface area contributed by atoms with Crippen molar-refractivity contribution < 1.29 is 23.8 Å². The van der Waals surface area contributed by atoms with Crippen LogP contribution in [-0.4, -0.2) is 37.9 Å². The first-order valence-corrected chi connectivity index (χ1v) is 27.8. The number of hydrogen-bond donors (Lipinski definition) is 0. The second kappa shape index (κ2) is 56.1. The molecular formula is C61H104O5. The van der Waals surface area contributed by atoms with E-state index in [4.69, 9.17) is 14.2 Å². The van der Waals surface area contributed by atoms with Gasteiger partial charge in [0.2, 0.25) is 0 Å². The Hall–Kier alpha value is -3.18. The van der Waals surface area contributed by atoms with E-state index in [0.29, 0.717) is 19.4 Å². The van der Waals surface area contributed by atoms with Gasteiger partial charge in [-0.2, -0.15) is 0 Å². The monoisotopic (exact) mass is 917 g/mol. The molecule has 0 aromatic rings. The summed E-state index contributed by atoms with van der Waals surface area (Å²) in [5.74, 6) is -0.442. The van der Waals surface area contributed by atoms with E-state index in [1.165, 1.54) is 116 Å². The third-order valence-electron chi connectivity index (χ3n) is 11.6. The first-order valence-electron chi connectivity index (χ1n) is 27.8. The molecule has 5 nitrogen and oxygen atoms in total. The fourth-order valence-corrected chi connectivity index (χ4v) is 7.44. The van der Waals surface area contributed by atoms with Crippen LogP contribution in [0, 0.1) is 0 Å². The average molecular weight is 917 g/mol. The molecule has 0 heterocycles. The van der Waals surface area contributed by atoms with Gasteiger partial charge >= 0.3 is 11.9 Å². The predicted molar refractivity (Wildman–Crippen MR) is 288 cm³/mol. The van der Waals surface area contributed by atoms with Gasteiger partial charge in [0, 0.05) is 19.4 Å². The van der Waals surface area contributed by atoms with Crippen molar-refractivity contribution >= 4 is 11.9 Å². The highest BCUT2D eigenvalue weighted by Gasteiger charge is 2.17. The molecule has 0 saturated carbocycles. The molecule has 5 heteroatoms. The van der Waals surface area contributed by atoms with Crippen LogP contribution in [0.5, 0.6) is 0 Å². The SMILES string of the molecule is CC/C=C\C/C=C\C/C=C\C/C=C\C/C=C\CCCCOCC(COC(=O)CCCCCCCCC/C=C\CCCCCCCC)OC(=O)CCCCCCC/C=C\C/C=C\CCCCC. The first kappa shape index (κ1) is 62.8. The predicted octanol–water partition coefficient (Wildman–Crippen LogP) is 19.0. The van der Waals surface area contributed by atoms with Crippen LogP contribution in [0.25, 0.3) is 0 Å². The van der Waals surface area contributed by atoms with Gasteiger partial charge in [0.25, 0.3) is 0 Å². The molecule has 66 heavy (non-hydrogen) atoms. The van der Waals surface area contributed by atoms with Gasteiger partial charge in [-0.3, -0.25) is 9.59 Å². The lowest BCUT2D eigenvalue weighted by Gasteiger charge is -2.18. The molecule has 378 valence electrons.